The molecule has 0 fully saturated rings. The molecule has 0 rings (SSSR count). The molecule has 0 heterocycles. The lowest BCUT2D eigenvalue weighted by Crippen LogP contribution is -2.28. The minimum absolute atomic E-state index is 0.359. The molecule has 4 heteroatoms. The molecule has 0 saturated heterocycles. The van der Waals surface area contributed by atoms with Gasteiger partial charge < -0.3 is 5.73 Å². The molecule has 0 aromatic heterocycles. The van der Waals surface area contributed by atoms with Gasteiger partial charge in [-0.25, -0.2) is 0 Å². The topological polar surface area (TPSA) is 26.0 Å². The zero-order valence-corrected chi connectivity index (χ0v) is 5.70. The van der Waals surface area contributed by atoms with Gasteiger partial charge in [0.2, 0.25) is 0 Å². The van der Waals surface area contributed by atoms with E-state index in [2.05, 4.69) is 6.58 Å². The summed E-state index contributed by atoms with van der Waals surface area (Å²) >= 11 is 0. The van der Waals surface area contributed by atoms with Gasteiger partial charge in [0, 0.05) is 6.04 Å². The van der Waals surface area contributed by atoms with Gasteiger partial charge in [0.05, 0.1) is 6.42 Å². The smallest absolute Gasteiger partial charge is 0.324 e. The first kappa shape index (κ1) is 9.49. The molecule has 2 N–H and O–H groups in total. The van der Waals surface area contributed by atoms with E-state index in [1.807, 2.05) is 0 Å². The Balaban J connectivity index is 3.80. The highest BCUT2D eigenvalue weighted by molar-refractivity contribution is 5.00. The van der Waals surface area contributed by atoms with Crippen LogP contribution in [0.4, 0.5) is 13.2 Å². The summed E-state index contributed by atoms with van der Waals surface area (Å²) in [5.74, 6) is 0. The molecule has 1 atom stereocenters. The number of hydrogen-bond acceptors (Lipinski definition) is 1. The first-order valence-corrected chi connectivity index (χ1v) is 2.80. The fourth-order valence-corrected chi connectivity index (χ4v) is 0.424. The summed E-state index contributed by atoms with van der Waals surface area (Å²) in [4.78, 5) is 0. The minimum Gasteiger partial charge on any atom is -0.324 e. The Morgan fingerprint density at radius 3 is 2.10 bits per heavy atom. The van der Waals surface area contributed by atoms with Gasteiger partial charge in [-0.1, -0.05) is 12.2 Å². The lowest BCUT2D eigenvalue weighted by molar-refractivity contribution is -0.136. The van der Waals surface area contributed by atoms with Crippen molar-refractivity contribution in [2.45, 2.75) is 25.6 Å². The van der Waals surface area contributed by atoms with Gasteiger partial charge in [0.15, 0.2) is 0 Å². The summed E-state index contributed by atoms with van der Waals surface area (Å²) in [6.45, 7) is 4.80. The summed E-state index contributed by atoms with van der Waals surface area (Å²) in [5, 5.41) is 0. The predicted octanol–water partition coefficient (Wildman–Crippen LogP) is 1.84. The molecule has 0 aromatic carbocycles. The first-order chi connectivity index (χ1) is 4.33. The molecule has 10 heavy (non-hydrogen) atoms. The second kappa shape index (κ2) is 3.05. The van der Waals surface area contributed by atoms with Crippen LogP contribution in [-0.4, -0.2) is 12.2 Å². The molecule has 0 saturated carbocycles. The number of hydrogen-bond donors (Lipinski definition) is 1. The van der Waals surface area contributed by atoms with E-state index in [-0.39, 0.29) is 0 Å². The van der Waals surface area contributed by atoms with Crippen LogP contribution >= 0.6 is 0 Å². The number of nitrogens with two attached hydrogens (primary N) is 1. The lowest BCUT2D eigenvalue weighted by Gasteiger charge is -2.12. The Labute approximate surface area is 57.7 Å². The van der Waals surface area contributed by atoms with Crippen molar-refractivity contribution in [2.24, 2.45) is 5.73 Å². The molecule has 0 bridgehead atoms. The van der Waals surface area contributed by atoms with Crippen LogP contribution in [0, 0.1) is 0 Å². The second-order valence-corrected chi connectivity index (χ2v) is 2.27. The van der Waals surface area contributed by atoms with Crippen molar-refractivity contribution in [1.82, 2.24) is 0 Å². The Morgan fingerprint density at radius 2 is 2.00 bits per heavy atom. The van der Waals surface area contributed by atoms with Gasteiger partial charge in [-0.2, -0.15) is 13.2 Å². The normalized spacial score (nSPS) is 14.9. The number of alkyl halides is 3. The van der Waals surface area contributed by atoms with Gasteiger partial charge in [0.25, 0.3) is 0 Å². The molecule has 60 valence electrons. The average molecular weight is 153 g/mol. The maximum atomic E-state index is 11.5. The van der Waals surface area contributed by atoms with Crippen LogP contribution in [0.3, 0.4) is 0 Å². The fourth-order valence-electron chi connectivity index (χ4n) is 0.424. The van der Waals surface area contributed by atoms with E-state index in [9.17, 15) is 13.2 Å². The average Bonchev–Trinajstić information content (AvgIpc) is 1.60. The highest BCUT2D eigenvalue weighted by Crippen LogP contribution is 2.22. The summed E-state index contributed by atoms with van der Waals surface area (Å²) < 4.78 is 34.6. The standard InChI is InChI=1S/C6H10F3N/c1-4(2)5(10)3-6(7,8)9/h5H,1,3,10H2,2H3. The summed E-state index contributed by atoms with van der Waals surface area (Å²) in [6.07, 6.45) is -5.17. The molecular weight excluding hydrogens is 143 g/mol. The molecule has 0 spiro atoms. The van der Waals surface area contributed by atoms with Crippen molar-refractivity contribution in [1.29, 1.82) is 0 Å². The molecular formula is C6H10F3N. The van der Waals surface area contributed by atoms with Crippen LogP contribution in [0.25, 0.3) is 0 Å². The van der Waals surface area contributed by atoms with Crippen LogP contribution in [0.1, 0.15) is 13.3 Å². The fraction of sp³-hybridized carbons (Fsp3) is 0.667. The third-order valence-corrected chi connectivity index (χ3v) is 1.08. The molecule has 0 aliphatic carbocycles. The quantitative estimate of drug-likeness (QED) is 0.602. The zero-order valence-electron chi connectivity index (χ0n) is 5.70. The third-order valence-electron chi connectivity index (χ3n) is 1.08. The summed E-state index contributed by atoms with van der Waals surface area (Å²) in [7, 11) is 0. The van der Waals surface area contributed by atoms with E-state index < -0.39 is 18.6 Å². The Morgan fingerprint density at radius 1 is 1.60 bits per heavy atom. The van der Waals surface area contributed by atoms with Crippen molar-refractivity contribution >= 4 is 0 Å². The molecule has 0 amide bonds. The molecule has 0 radical (unpaired) electrons. The SMILES string of the molecule is C=C(C)C(N)CC(F)(F)F. The van der Waals surface area contributed by atoms with E-state index in [1.165, 1.54) is 6.92 Å². The van der Waals surface area contributed by atoms with Gasteiger partial charge >= 0.3 is 6.18 Å². The highest BCUT2D eigenvalue weighted by atomic mass is 19.4. The third kappa shape index (κ3) is 4.38. The van der Waals surface area contributed by atoms with E-state index in [4.69, 9.17) is 5.73 Å². The predicted molar refractivity (Wildman–Crippen MR) is 33.5 cm³/mol. The summed E-state index contributed by atoms with van der Waals surface area (Å²) in [5.41, 5.74) is 5.44. The molecule has 0 aromatic rings. The molecule has 0 aliphatic heterocycles. The zero-order chi connectivity index (χ0) is 8.36. The van der Waals surface area contributed by atoms with E-state index in [1.54, 1.807) is 0 Å². The number of rotatable bonds is 2. The maximum Gasteiger partial charge on any atom is 0.390 e. The second-order valence-electron chi connectivity index (χ2n) is 2.27. The van der Waals surface area contributed by atoms with E-state index in [0.29, 0.717) is 5.57 Å². The Hall–Kier alpha value is -0.510. The van der Waals surface area contributed by atoms with Crippen LogP contribution in [0.2, 0.25) is 0 Å². The van der Waals surface area contributed by atoms with Gasteiger partial charge in [-0.15, -0.1) is 0 Å². The Kier molecular flexibility index (Phi) is 2.90. The van der Waals surface area contributed by atoms with Crippen molar-refractivity contribution in [3.63, 3.8) is 0 Å². The largest absolute Gasteiger partial charge is 0.390 e. The molecule has 1 unspecified atom stereocenters. The Bertz CT molecular complexity index is 127. The van der Waals surface area contributed by atoms with Crippen molar-refractivity contribution in [3.8, 4) is 0 Å². The van der Waals surface area contributed by atoms with E-state index in [0.717, 1.165) is 0 Å². The van der Waals surface area contributed by atoms with Crippen LogP contribution in [0.15, 0.2) is 12.2 Å². The summed E-state index contributed by atoms with van der Waals surface area (Å²) in [6, 6.07) is -0.958. The van der Waals surface area contributed by atoms with Crippen LogP contribution in [0.5, 0.6) is 0 Å². The van der Waals surface area contributed by atoms with Crippen molar-refractivity contribution in [2.75, 3.05) is 0 Å². The first-order valence-electron chi connectivity index (χ1n) is 2.80. The van der Waals surface area contributed by atoms with Crippen molar-refractivity contribution < 1.29 is 13.2 Å². The van der Waals surface area contributed by atoms with Gasteiger partial charge in [-0.05, 0) is 6.92 Å². The highest BCUT2D eigenvalue weighted by Gasteiger charge is 2.30. The van der Waals surface area contributed by atoms with Crippen LogP contribution in [-0.2, 0) is 0 Å². The minimum atomic E-state index is -4.18. The van der Waals surface area contributed by atoms with Crippen LogP contribution < -0.4 is 5.73 Å². The number of halogens is 3. The van der Waals surface area contributed by atoms with Gasteiger partial charge in [0.1, 0.15) is 0 Å². The molecule has 0 aliphatic rings. The monoisotopic (exact) mass is 153 g/mol. The maximum absolute atomic E-state index is 11.5. The molecule has 1 nitrogen and oxygen atoms in total. The van der Waals surface area contributed by atoms with Crippen molar-refractivity contribution in [3.05, 3.63) is 12.2 Å². The van der Waals surface area contributed by atoms with E-state index >= 15 is 0 Å². The van der Waals surface area contributed by atoms with Gasteiger partial charge in [-0.3, -0.25) is 0 Å². The lowest BCUT2D eigenvalue weighted by atomic mass is 10.1.